The maximum Gasteiger partial charge on any atom is 0.194 e. The van der Waals surface area contributed by atoms with Crippen LogP contribution in [0.25, 0.3) is 0 Å². The molecule has 0 spiro atoms. The fourth-order valence-electron chi connectivity index (χ4n) is 2.20. The highest BCUT2D eigenvalue weighted by molar-refractivity contribution is 14.0. The van der Waals surface area contributed by atoms with Crippen LogP contribution < -0.4 is 5.32 Å². The predicted molar refractivity (Wildman–Crippen MR) is 111 cm³/mol. The first-order chi connectivity index (χ1) is 11.5. The van der Waals surface area contributed by atoms with Crippen LogP contribution in [0.3, 0.4) is 0 Å². The minimum atomic E-state index is -0.221. The number of nitrogens with one attached hydrogen (secondary N) is 1. The lowest BCUT2D eigenvalue weighted by Crippen LogP contribution is -2.38. The second kappa shape index (κ2) is 10.7. The Morgan fingerprint density at radius 3 is 2.80 bits per heavy atom. The Morgan fingerprint density at radius 2 is 2.16 bits per heavy atom. The molecule has 25 heavy (non-hydrogen) atoms. The second-order valence-corrected chi connectivity index (χ2v) is 6.29. The molecule has 0 aliphatic heterocycles. The third-order valence-corrected chi connectivity index (χ3v) is 4.69. The van der Waals surface area contributed by atoms with Crippen molar-refractivity contribution in [2.75, 3.05) is 21.2 Å². The summed E-state index contributed by atoms with van der Waals surface area (Å²) in [5.74, 6) is 0.466. The highest BCUT2D eigenvalue weighted by atomic mass is 127. The Balaban J connectivity index is 0.00000312. The molecule has 0 amide bonds. The number of benzene rings is 1. The monoisotopic (exact) mass is 478 g/mol. The van der Waals surface area contributed by atoms with Crippen LogP contribution in [-0.2, 0) is 17.8 Å². The van der Waals surface area contributed by atoms with Crippen LogP contribution in [0.4, 0.5) is 4.39 Å². The van der Waals surface area contributed by atoms with Crippen molar-refractivity contribution in [1.82, 2.24) is 15.2 Å². The second-order valence-electron chi connectivity index (χ2n) is 5.40. The number of halogens is 2. The van der Waals surface area contributed by atoms with E-state index in [-0.39, 0.29) is 35.9 Å². The number of guanidine groups is 1. The number of nitrogens with zero attached hydrogens (tertiary/aromatic N) is 3. The molecule has 0 saturated carbocycles. The van der Waals surface area contributed by atoms with E-state index in [0.29, 0.717) is 24.6 Å². The lowest BCUT2D eigenvalue weighted by atomic mass is 10.2. The summed E-state index contributed by atoms with van der Waals surface area (Å²) in [4.78, 5) is 10.8. The van der Waals surface area contributed by atoms with Crippen molar-refractivity contribution >= 4 is 41.3 Å². The van der Waals surface area contributed by atoms with Gasteiger partial charge in [-0.2, -0.15) is 0 Å². The van der Waals surface area contributed by atoms with Crippen molar-refractivity contribution in [2.45, 2.75) is 26.1 Å². The van der Waals surface area contributed by atoms with Gasteiger partial charge < -0.3 is 15.0 Å². The normalized spacial score (nSPS) is 12.4. The van der Waals surface area contributed by atoms with Crippen LogP contribution in [-0.4, -0.2) is 37.0 Å². The van der Waals surface area contributed by atoms with Crippen LogP contribution in [0.15, 0.2) is 34.6 Å². The number of ether oxygens (including phenoxy) is 1. The third kappa shape index (κ3) is 6.19. The van der Waals surface area contributed by atoms with E-state index in [4.69, 9.17) is 4.74 Å². The van der Waals surface area contributed by atoms with Crippen molar-refractivity contribution in [2.24, 2.45) is 4.99 Å². The molecule has 0 aliphatic rings. The van der Waals surface area contributed by atoms with Gasteiger partial charge in [0.1, 0.15) is 16.9 Å². The molecule has 5 nitrogen and oxygen atoms in total. The number of hydrogen-bond acceptors (Lipinski definition) is 4. The largest absolute Gasteiger partial charge is 0.375 e. The number of hydrogen-bond donors (Lipinski definition) is 1. The molecule has 1 heterocycles. The number of methoxy groups -OCH3 is 1. The van der Waals surface area contributed by atoms with Crippen molar-refractivity contribution in [3.8, 4) is 0 Å². The molecule has 1 atom stereocenters. The lowest BCUT2D eigenvalue weighted by Gasteiger charge is -2.21. The third-order valence-electron chi connectivity index (χ3n) is 3.64. The summed E-state index contributed by atoms with van der Waals surface area (Å²) in [6.45, 7) is 2.97. The molecule has 1 aromatic carbocycles. The lowest BCUT2D eigenvalue weighted by molar-refractivity contribution is 0.119. The van der Waals surface area contributed by atoms with Crippen molar-refractivity contribution in [1.29, 1.82) is 0 Å². The van der Waals surface area contributed by atoms with Gasteiger partial charge in [0, 0.05) is 38.7 Å². The maximum absolute atomic E-state index is 13.7. The Labute approximate surface area is 169 Å². The molecule has 2 rings (SSSR count). The van der Waals surface area contributed by atoms with E-state index in [1.807, 2.05) is 30.3 Å². The number of thiazole rings is 1. The summed E-state index contributed by atoms with van der Waals surface area (Å²) in [6, 6.07) is 6.71. The fourth-order valence-corrected chi connectivity index (χ4v) is 3.04. The van der Waals surface area contributed by atoms with Gasteiger partial charge >= 0.3 is 0 Å². The average molecular weight is 478 g/mol. The SMILES string of the molecule is CN=C(NCc1ccccc1F)N(C)Cc1csc(C(C)OC)n1.I. The van der Waals surface area contributed by atoms with E-state index in [1.165, 1.54) is 6.07 Å². The van der Waals surface area contributed by atoms with Gasteiger partial charge in [0.05, 0.1) is 12.2 Å². The smallest absolute Gasteiger partial charge is 0.194 e. The summed E-state index contributed by atoms with van der Waals surface area (Å²) < 4.78 is 19.0. The molecule has 1 unspecified atom stereocenters. The van der Waals surface area contributed by atoms with Crippen LogP contribution in [0.2, 0.25) is 0 Å². The number of aliphatic imine (C=N–C) groups is 1. The van der Waals surface area contributed by atoms with Gasteiger partial charge in [0.15, 0.2) is 5.96 Å². The van der Waals surface area contributed by atoms with Crippen molar-refractivity contribution < 1.29 is 9.13 Å². The Bertz CT molecular complexity index is 695. The van der Waals surface area contributed by atoms with Gasteiger partial charge in [-0.15, -0.1) is 35.3 Å². The Hall–Kier alpha value is -1.26. The quantitative estimate of drug-likeness (QED) is 0.390. The standard InChI is InChI=1S/C17H23FN4OS.HI/c1-12(23-4)16-21-14(11-24-16)10-22(3)17(19-2)20-9-13-7-5-6-8-15(13)18;/h5-8,11-12H,9-10H2,1-4H3,(H,19,20);1H. The van der Waals surface area contributed by atoms with Gasteiger partial charge in [-0.3, -0.25) is 4.99 Å². The first-order valence-electron chi connectivity index (χ1n) is 7.67. The predicted octanol–water partition coefficient (Wildman–Crippen LogP) is 3.82. The van der Waals surface area contributed by atoms with Crippen LogP contribution >= 0.6 is 35.3 Å². The molecule has 1 aromatic heterocycles. The highest BCUT2D eigenvalue weighted by Crippen LogP contribution is 2.20. The first-order valence-corrected chi connectivity index (χ1v) is 8.55. The van der Waals surface area contributed by atoms with Crippen molar-refractivity contribution in [3.05, 3.63) is 51.7 Å². The van der Waals surface area contributed by atoms with Crippen molar-refractivity contribution in [3.63, 3.8) is 0 Å². The van der Waals surface area contributed by atoms with Gasteiger partial charge in [-0.1, -0.05) is 18.2 Å². The van der Waals surface area contributed by atoms with Crippen LogP contribution in [0.1, 0.15) is 29.3 Å². The fraction of sp³-hybridized carbons (Fsp3) is 0.412. The van der Waals surface area contributed by atoms with E-state index in [9.17, 15) is 4.39 Å². The molecule has 0 bridgehead atoms. The van der Waals surface area contributed by atoms with Gasteiger partial charge in [0.25, 0.3) is 0 Å². The molecule has 0 aliphatic carbocycles. The minimum absolute atomic E-state index is 0. The summed E-state index contributed by atoms with van der Waals surface area (Å²) in [7, 11) is 5.31. The van der Waals surface area contributed by atoms with E-state index in [0.717, 1.165) is 10.7 Å². The van der Waals surface area contributed by atoms with Gasteiger partial charge in [-0.05, 0) is 13.0 Å². The van der Waals surface area contributed by atoms with Gasteiger partial charge in [-0.25, -0.2) is 9.37 Å². The van der Waals surface area contributed by atoms with Crippen LogP contribution in [0.5, 0.6) is 0 Å². The number of rotatable bonds is 6. The Kier molecular flexibility index (Phi) is 9.30. The molecule has 2 aromatic rings. The van der Waals surface area contributed by atoms with E-state index < -0.39 is 0 Å². The van der Waals surface area contributed by atoms with E-state index in [2.05, 4.69) is 15.3 Å². The van der Waals surface area contributed by atoms with Gasteiger partial charge in [0.2, 0.25) is 0 Å². The minimum Gasteiger partial charge on any atom is -0.375 e. The number of aromatic nitrogens is 1. The molecule has 0 fully saturated rings. The van der Waals surface area contributed by atoms with Crippen LogP contribution in [0, 0.1) is 5.82 Å². The summed E-state index contributed by atoms with van der Waals surface area (Å²) in [5.41, 5.74) is 1.56. The van der Waals surface area contributed by atoms with E-state index in [1.54, 1.807) is 37.6 Å². The topological polar surface area (TPSA) is 49.8 Å². The summed E-state index contributed by atoms with van der Waals surface area (Å²) in [5, 5.41) is 6.15. The molecule has 138 valence electrons. The molecule has 8 heteroatoms. The average Bonchev–Trinajstić information content (AvgIpc) is 3.04. The summed E-state index contributed by atoms with van der Waals surface area (Å²) >= 11 is 1.58. The molecule has 0 radical (unpaired) electrons. The molecular formula is C17H24FIN4OS. The zero-order chi connectivity index (χ0) is 17.5. The molecular weight excluding hydrogens is 454 g/mol. The first kappa shape index (κ1) is 21.8. The zero-order valence-corrected chi connectivity index (χ0v) is 18.0. The zero-order valence-electron chi connectivity index (χ0n) is 14.8. The van der Waals surface area contributed by atoms with E-state index >= 15 is 0 Å². The Morgan fingerprint density at radius 1 is 1.44 bits per heavy atom. The molecule has 1 N–H and O–H groups in total. The summed E-state index contributed by atoms with van der Waals surface area (Å²) in [6.07, 6.45) is -0.00690. The maximum atomic E-state index is 13.7. The molecule has 0 saturated heterocycles. The highest BCUT2D eigenvalue weighted by Gasteiger charge is 2.13.